The summed E-state index contributed by atoms with van der Waals surface area (Å²) in [6, 6.07) is 3.52. The van der Waals surface area contributed by atoms with E-state index in [1.165, 1.54) is 0 Å². The number of likely N-dealkylation sites (tertiary alicyclic amines) is 1. The van der Waals surface area contributed by atoms with Gasteiger partial charge in [0.15, 0.2) is 11.5 Å². The molecular weight excluding hydrogens is 358 g/mol. The first-order chi connectivity index (χ1) is 12.5. The summed E-state index contributed by atoms with van der Waals surface area (Å²) in [5.74, 6) is 1.89. The predicted molar refractivity (Wildman–Crippen MR) is 97.2 cm³/mol. The van der Waals surface area contributed by atoms with Gasteiger partial charge in [0.2, 0.25) is 11.6 Å². The standard InChI is InChI=1S/C17H23N3O5S/c1-22-13-7-11(8-14(23-2)15(13)24-3)16-18-20(17(26)25-16)10-19-6-4-5-12(21)9-19/h7-8,12,21H,4-6,9-10H2,1-3H3/t12-/m0/s1. The number of aliphatic hydroxyl groups is 1. The molecule has 2 aromatic rings. The van der Waals surface area contributed by atoms with Crippen molar-refractivity contribution in [2.45, 2.75) is 25.6 Å². The van der Waals surface area contributed by atoms with Crippen LogP contribution in [0.25, 0.3) is 11.5 Å². The molecule has 0 aliphatic carbocycles. The number of ether oxygens (including phenoxy) is 3. The van der Waals surface area contributed by atoms with Gasteiger partial charge >= 0.3 is 0 Å². The summed E-state index contributed by atoms with van der Waals surface area (Å²) < 4.78 is 23.4. The zero-order chi connectivity index (χ0) is 18.7. The second-order valence-corrected chi connectivity index (χ2v) is 6.45. The van der Waals surface area contributed by atoms with Gasteiger partial charge in [-0.3, -0.25) is 4.90 Å². The van der Waals surface area contributed by atoms with Crippen LogP contribution in [0.15, 0.2) is 16.5 Å². The molecular formula is C17H23N3O5S. The van der Waals surface area contributed by atoms with Crippen LogP contribution >= 0.6 is 12.2 Å². The van der Waals surface area contributed by atoms with Crippen LogP contribution < -0.4 is 14.2 Å². The third kappa shape index (κ3) is 3.84. The number of hydrogen-bond donors (Lipinski definition) is 1. The van der Waals surface area contributed by atoms with Crippen LogP contribution in [0.3, 0.4) is 0 Å². The molecule has 2 heterocycles. The number of β-amino-alcohol motifs (C(OH)–C–C–N with tert-alkyl or cyclic N) is 1. The van der Waals surface area contributed by atoms with Gasteiger partial charge in [0, 0.05) is 18.7 Å². The Kier molecular flexibility index (Phi) is 5.80. The smallest absolute Gasteiger partial charge is 0.288 e. The lowest BCUT2D eigenvalue weighted by molar-refractivity contribution is 0.0509. The number of aromatic nitrogens is 2. The first kappa shape index (κ1) is 18.7. The van der Waals surface area contributed by atoms with Crippen LogP contribution in [0.2, 0.25) is 0 Å². The Labute approximate surface area is 156 Å². The zero-order valence-corrected chi connectivity index (χ0v) is 15.9. The van der Waals surface area contributed by atoms with Gasteiger partial charge in [-0.1, -0.05) is 0 Å². The molecule has 1 N–H and O–H groups in total. The van der Waals surface area contributed by atoms with Crippen molar-refractivity contribution in [3.05, 3.63) is 17.0 Å². The van der Waals surface area contributed by atoms with Crippen LogP contribution in [0.4, 0.5) is 0 Å². The quantitative estimate of drug-likeness (QED) is 0.764. The van der Waals surface area contributed by atoms with Crippen LogP contribution in [-0.4, -0.2) is 60.3 Å². The van der Waals surface area contributed by atoms with E-state index in [9.17, 15) is 5.11 Å². The number of hydrogen-bond acceptors (Lipinski definition) is 8. The summed E-state index contributed by atoms with van der Waals surface area (Å²) in [4.78, 5) is 2.37. The van der Waals surface area contributed by atoms with Crippen molar-refractivity contribution in [3.63, 3.8) is 0 Å². The highest BCUT2D eigenvalue weighted by Gasteiger charge is 2.21. The summed E-state index contributed by atoms with van der Waals surface area (Å²) in [7, 11) is 4.65. The number of nitrogens with zero attached hydrogens (tertiary/aromatic N) is 3. The minimum absolute atomic E-state index is 0.272. The van der Waals surface area contributed by atoms with E-state index >= 15 is 0 Å². The Morgan fingerprint density at radius 3 is 2.50 bits per heavy atom. The average molecular weight is 381 g/mol. The van der Waals surface area contributed by atoms with E-state index in [1.807, 2.05) is 0 Å². The second-order valence-electron chi connectivity index (χ2n) is 6.10. The molecule has 0 radical (unpaired) electrons. The number of benzene rings is 1. The minimum Gasteiger partial charge on any atom is -0.493 e. The molecule has 142 valence electrons. The second kappa shape index (κ2) is 8.07. The van der Waals surface area contributed by atoms with E-state index in [-0.39, 0.29) is 10.9 Å². The van der Waals surface area contributed by atoms with E-state index in [2.05, 4.69) is 10.00 Å². The Balaban J connectivity index is 1.90. The van der Waals surface area contributed by atoms with E-state index < -0.39 is 0 Å². The predicted octanol–water partition coefficient (Wildman–Crippen LogP) is 2.31. The molecule has 0 bridgehead atoms. The summed E-state index contributed by atoms with van der Waals surface area (Å²) in [6.45, 7) is 1.98. The highest BCUT2D eigenvalue weighted by Crippen LogP contribution is 2.40. The molecule has 26 heavy (non-hydrogen) atoms. The fourth-order valence-electron chi connectivity index (χ4n) is 3.07. The minimum atomic E-state index is -0.306. The lowest BCUT2D eigenvalue weighted by Gasteiger charge is -2.29. The van der Waals surface area contributed by atoms with Gasteiger partial charge in [-0.25, -0.2) is 4.68 Å². The van der Waals surface area contributed by atoms with Gasteiger partial charge in [0.1, 0.15) is 0 Å². The summed E-state index contributed by atoms with van der Waals surface area (Å²) >= 11 is 5.30. The first-order valence-electron chi connectivity index (χ1n) is 8.34. The number of rotatable bonds is 6. The molecule has 9 heteroatoms. The van der Waals surface area contributed by atoms with Crippen molar-refractivity contribution < 1.29 is 23.7 Å². The average Bonchev–Trinajstić information content (AvgIpc) is 3.01. The molecule has 3 rings (SSSR count). The van der Waals surface area contributed by atoms with Gasteiger partial charge in [-0.05, 0) is 37.2 Å². The van der Waals surface area contributed by atoms with Gasteiger partial charge in [-0.2, -0.15) is 0 Å². The van der Waals surface area contributed by atoms with Gasteiger partial charge in [0.25, 0.3) is 4.84 Å². The monoisotopic (exact) mass is 381 g/mol. The van der Waals surface area contributed by atoms with E-state index in [0.717, 1.165) is 19.4 Å². The molecule has 1 fully saturated rings. The Bertz CT molecular complexity index is 794. The van der Waals surface area contributed by atoms with E-state index in [0.29, 0.717) is 41.9 Å². The third-order valence-electron chi connectivity index (χ3n) is 4.33. The maximum Gasteiger partial charge on any atom is 0.288 e. The van der Waals surface area contributed by atoms with Crippen LogP contribution in [0, 0.1) is 4.84 Å². The molecule has 0 saturated carbocycles. The number of piperidine rings is 1. The number of aliphatic hydroxyl groups excluding tert-OH is 1. The topological polar surface area (TPSA) is 82.1 Å². The number of methoxy groups -OCH3 is 3. The maximum atomic E-state index is 9.81. The van der Waals surface area contributed by atoms with E-state index in [4.69, 9.17) is 30.8 Å². The largest absolute Gasteiger partial charge is 0.493 e. The lowest BCUT2D eigenvalue weighted by Crippen LogP contribution is -2.39. The summed E-state index contributed by atoms with van der Waals surface area (Å²) in [5.41, 5.74) is 0.669. The van der Waals surface area contributed by atoms with Gasteiger partial charge < -0.3 is 23.7 Å². The fourth-order valence-corrected chi connectivity index (χ4v) is 3.24. The molecule has 1 aromatic heterocycles. The van der Waals surface area contributed by atoms with E-state index in [1.54, 1.807) is 38.1 Å². The molecule has 1 aliphatic heterocycles. The highest BCUT2D eigenvalue weighted by molar-refractivity contribution is 7.71. The molecule has 1 aliphatic rings. The van der Waals surface area contributed by atoms with Crippen LogP contribution in [-0.2, 0) is 6.67 Å². The van der Waals surface area contributed by atoms with Gasteiger partial charge in [0.05, 0.1) is 34.1 Å². The molecule has 8 nitrogen and oxygen atoms in total. The molecule has 0 unspecified atom stereocenters. The summed E-state index contributed by atoms with van der Waals surface area (Å²) in [6.07, 6.45) is 1.48. The third-order valence-corrected chi connectivity index (χ3v) is 4.63. The van der Waals surface area contributed by atoms with Crippen molar-refractivity contribution >= 4 is 12.2 Å². The lowest BCUT2D eigenvalue weighted by atomic mass is 10.1. The summed E-state index contributed by atoms with van der Waals surface area (Å²) in [5, 5.41) is 14.3. The maximum absolute atomic E-state index is 9.81. The molecule has 1 saturated heterocycles. The zero-order valence-electron chi connectivity index (χ0n) is 15.1. The van der Waals surface area contributed by atoms with Crippen molar-refractivity contribution in [3.8, 4) is 28.7 Å². The van der Waals surface area contributed by atoms with Crippen LogP contribution in [0.1, 0.15) is 12.8 Å². The SMILES string of the molecule is COc1cc(-c2nn(CN3CCC[C@H](O)C3)c(=S)o2)cc(OC)c1OC. The Morgan fingerprint density at radius 1 is 1.23 bits per heavy atom. The normalized spacial score (nSPS) is 17.9. The fraction of sp³-hybridized carbons (Fsp3) is 0.529. The van der Waals surface area contributed by atoms with Crippen molar-refractivity contribution in [1.82, 2.24) is 14.7 Å². The molecule has 1 atom stereocenters. The highest BCUT2D eigenvalue weighted by atomic mass is 32.1. The Hall–Kier alpha value is -2.10. The van der Waals surface area contributed by atoms with Crippen LogP contribution in [0.5, 0.6) is 17.2 Å². The van der Waals surface area contributed by atoms with Crippen molar-refractivity contribution in [2.24, 2.45) is 0 Å². The first-order valence-corrected chi connectivity index (χ1v) is 8.75. The molecule has 1 aromatic carbocycles. The molecule has 0 spiro atoms. The molecule has 0 amide bonds. The van der Waals surface area contributed by atoms with Gasteiger partial charge in [-0.15, -0.1) is 5.10 Å². The Morgan fingerprint density at radius 2 is 1.92 bits per heavy atom. The van der Waals surface area contributed by atoms with Crippen molar-refractivity contribution in [2.75, 3.05) is 34.4 Å². The van der Waals surface area contributed by atoms with Crippen molar-refractivity contribution in [1.29, 1.82) is 0 Å².